The van der Waals surface area contributed by atoms with Gasteiger partial charge in [-0.25, -0.2) is 0 Å². The van der Waals surface area contributed by atoms with Crippen molar-refractivity contribution in [1.82, 2.24) is 4.90 Å². The molecule has 0 aromatic heterocycles. The van der Waals surface area contributed by atoms with E-state index in [1.807, 2.05) is 0 Å². The molecule has 0 aromatic rings. The fourth-order valence-corrected chi connectivity index (χ4v) is 3.08. The number of fused-ring (bicyclic) bond motifs is 1. The highest BCUT2D eigenvalue weighted by atomic mass is 16.3. The fourth-order valence-electron chi connectivity index (χ4n) is 3.08. The maximum Gasteiger partial charge on any atom is 0.0876 e. The standard InChI is InChI=1S/C11H22N2O/c1-10(2,8-12)11(14)5-7-13-6-3-4-9(11)13/h9,14H,3-8,12H2,1-2H3. The van der Waals surface area contributed by atoms with Gasteiger partial charge in [0.05, 0.1) is 5.60 Å². The first-order valence-electron chi connectivity index (χ1n) is 5.68. The summed E-state index contributed by atoms with van der Waals surface area (Å²) in [5.41, 5.74) is 5.06. The molecule has 2 aliphatic heterocycles. The van der Waals surface area contributed by atoms with Gasteiger partial charge in [0, 0.05) is 24.5 Å². The SMILES string of the molecule is CC(C)(CN)C1(O)CCN2CCCC21. The van der Waals surface area contributed by atoms with Crippen LogP contribution in [0, 0.1) is 5.41 Å². The fraction of sp³-hybridized carbons (Fsp3) is 1.00. The van der Waals surface area contributed by atoms with Crippen LogP contribution in [0.2, 0.25) is 0 Å². The zero-order valence-corrected chi connectivity index (χ0v) is 9.29. The molecule has 2 fully saturated rings. The number of hydrogen-bond donors (Lipinski definition) is 2. The number of nitrogens with two attached hydrogens (primary N) is 1. The largest absolute Gasteiger partial charge is 0.388 e. The van der Waals surface area contributed by atoms with E-state index in [1.54, 1.807) is 0 Å². The summed E-state index contributed by atoms with van der Waals surface area (Å²) in [5, 5.41) is 10.8. The Balaban J connectivity index is 2.23. The van der Waals surface area contributed by atoms with Gasteiger partial charge in [0.1, 0.15) is 0 Å². The van der Waals surface area contributed by atoms with Crippen molar-refractivity contribution in [2.24, 2.45) is 11.1 Å². The molecule has 0 bridgehead atoms. The summed E-state index contributed by atoms with van der Waals surface area (Å²) in [6.45, 7) is 6.95. The first-order valence-corrected chi connectivity index (χ1v) is 5.68. The van der Waals surface area contributed by atoms with Crippen LogP contribution in [0.4, 0.5) is 0 Å². The van der Waals surface area contributed by atoms with E-state index >= 15 is 0 Å². The summed E-state index contributed by atoms with van der Waals surface area (Å²) in [5.74, 6) is 0. The molecule has 82 valence electrons. The summed E-state index contributed by atoms with van der Waals surface area (Å²) in [6, 6.07) is 0.362. The van der Waals surface area contributed by atoms with E-state index in [4.69, 9.17) is 5.73 Å². The predicted octanol–water partition coefficient (Wildman–Crippen LogP) is 0.570. The topological polar surface area (TPSA) is 49.5 Å². The number of aliphatic hydroxyl groups is 1. The van der Waals surface area contributed by atoms with Crippen molar-refractivity contribution in [3.8, 4) is 0 Å². The molecule has 2 atom stereocenters. The Labute approximate surface area is 86.3 Å². The lowest BCUT2D eigenvalue weighted by molar-refractivity contribution is -0.0799. The van der Waals surface area contributed by atoms with Crippen molar-refractivity contribution in [2.75, 3.05) is 19.6 Å². The van der Waals surface area contributed by atoms with E-state index in [1.165, 1.54) is 6.42 Å². The second kappa shape index (κ2) is 3.19. The maximum atomic E-state index is 10.8. The van der Waals surface area contributed by atoms with Gasteiger partial charge in [-0.15, -0.1) is 0 Å². The molecule has 0 saturated carbocycles. The monoisotopic (exact) mass is 198 g/mol. The van der Waals surface area contributed by atoms with Crippen molar-refractivity contribution >= 4 is 0 Å². The molecule has 2 saturated heterocycles. The molecule has 0 spiro atoms. The highest BCUT2D eigenvalue weighted by Crippen LogP contribution is 2.45. The van der Waals surface area contributed by atoms with Crippen LogP contribution >= 0.6 is 0 Å². The summed E-state index contributed by atoms with van der Waals surface area (Å²) in [4.78, 5) is 2.43. The summed E-state index contributed by atoms with van der Waals surface area (Å²) >= 11 is 0. The minimum absolute atomic E-state index is 0.156. The molecule has 0 radical (unpaired) electrons. The van der Waals surface area contributed by atoms with Crippen LogP contribution in [0.15, 0.2) is 0 Å². The Morgan fingerprint density at radius 2 is 2.21 bits per heavy atom. The van der Waals surface area contributed by atoms with E-state index in [-0.39, 0.29) is 5.41 Å². The Hall–Kier alpha value is -0.120. The average Bonchev–Trinajstić information content (AvgIpc) is 2.70. The minimum Gasteiger partial charge on any atom is -0.388 e. The second-order valence-corrected chi connectivity index (χ2v) is 5.46. The Morgan fingerprint density at radius 3 is 2.86 bits per heavy atom. The van der Waals surface area contributed by atoms with Gasteiger partial charge >= 0.3 is 0 Å². The molecule has 3 N–H and O–H groups in total. The van der Waals surface area contributed by atoms with Crippen LogP contribution in [0.1, 0.15) is 33.1 Å². The van der Waals surface area contributed by atoms with Crippen molar-refractivity contribution in [3.63, 3.8) is 0 Å². The quantitative estimate of drug-likeness (QED) is 0.682. The molecule has 2 aliphatic rings. The van der Waals surface area contributed by atoms with E-state index in [2.05, 4.69) is 18.7 Å². The number of nitrogens with zero attached hydrogens (tertiary/aromatic N) is 1. The molecule has 0 amide bonds. The molecular weight excluding hydrogens is 176 g/mol. The summed E-state index contributed by atoms with van der Waals surface area (Å²) in [6.07, 6.45) is 3.26. The van der Waals surface area contributed by atoms with Gasteiger partial charge in [0.25, 0.3) is 0 Å². The van der Waals surface area contributed by atoms with Gasteiger partial charge in [0.2, 0.25) is 0 Å². The number of rotatable bonds is 2. The van der Waals surface area contributed by atoms with Crippen LogP contribution < -0.4 is 5.73 Å². The van der Waals surface area contributed by atoms with E-state index in [9.17, 15) is 5.11 Å². The normalized spacial score (nSPS) is 39.0. The van der Waals surface area contributed by atoms with Crippen molar-refractivity contribution < 1.29 is 5.11 Å². The molecular formula is C11H22N2O. The van der Waals surface area contributed by atoms with Crippen molar-refractivity contribution in [2.45, 2.75) is 44.8 Å². The zero-order chi connectivity index (χ0) is 10.4. The van der Waals surface area contributed by atoms with Gasteiger partial charge in [0.15, 0.2) is 0 Å². The number of hydrogen-bond acceptors (Lipinski definition) is 3. The summed E-state index contributed by atoms with van der Waals surface area (Å²) in [7, 11) is 0. The highest BCUT2D eigenvalue weighted by molar-refractivity contribution is 5.09. The van der Waals surface area contributed by atoms with Crippen molar-refractivity contribution in [3.05, 3.63) is 0 Å². The van der Waals surface area contributed by atoms with Crippen LogP contribution in [-0.4, -0.2) is 41.3 Å². The third-order valence-electron chi connectivity index (χ3n) is 4.38. The molecule has 0 aromatic carbocycles. The third kappa shape index (κ3) is 1.23. The molecule has 3 nitrogen and oxygen atoms in total. The van der Waals surface area contributed by atoms with Gasteiger partial charge < -0.3 is 10.8 Å². The minimum atomic E-state index is -0.557. The first-order chi connectivity index (χ1) is 6.51. The second-order valence-electron chi connectivity index (χ2n) is 5.46. The van der Waals surface area contributed by atoms with Gasteiger partial charge in [-0.1, -0.05) is 13.8 Å². The van der Waals surface area contributed by atoms with E-state index in [0.717, 1.165) is 25.9 Å². The molecule has 2 rings (SSSR count). The van der Waals surface area contributed by atoms with E-state index in [0.29, 0.717) is 12.6 Å². The van der Waals surface area contributed by atoms with Gasteiger partial charge in [-0.2, -0.15) is 0 Å². The molecule has 14 heavy (non-hydrogen) atoms. The lowest BCUT2D eigenvalue weighted by atomic mass is 9.70. The Morgan fingerprint density at radius 1 is 1.50 bits per heavy atom. The lowest BCUT2D eigenvalue weighted by Crippen LogP contribution is -2.55. The maximum absolute atomic E-state index is 10.8. The van der Waals surface area contributed by atoms with Crippen LogP contribution in [-0.2, 0) is 0 Å². The Bertz CT molecular complexity index is 229. The molecule has 0 aliphatic carbocycles. The lowest BCUT2D eigenvalue weighted by Gasteiger charge is -2.43. The zero-order valence-electron chi connectivity index (χ0n) is 9.29. The summed E-state index contributed by atoms with van der Waals surface area (Å²) < 4.78 is 0. The molecule has 3 heteroatoms. The Kier molecular flexibility index (Phi) is 2.37. The molecule has 2 heterocycles. The van der Waals surface area contributed by atoms with Gasteiger partial charge in [-0.3, -0.25) is 4.90 Å². The predicted molar refractivity (Wildman–Crippen MR) is 57.0 cm³/mol. The molecule has 2 unspecified atom stereocenters. The van der Waals surface area contributed by atoms with Crippen LogP contribution in [0.3, 0.4) is 0 Å². The van der Waals surface area contributed by atoms with E-state index < -0.39 is 5.60 Å². The smallest absolute Gasteiger partial charge is 0.0876 e. The van der Waals surface area contributed by atoms with Gasteiger partial charge in [-0.05, 0) is 25.8 Å². The third-order valence-corrected chi connectivity index (χ3v) is 4.38. The van der Waals surface area contributed by atoms with Crippen LogP contribution in [0.25, 0.3) is 0 Å². The first kappa shape index (κ1) is 10.4. The average molecular weight is 198 g/mol. The highest BCUT2D eigenvalue weighted by Gasteiger charge is 2.55. The van der Waals surface area contributed by atoms with Crippen molar-refractivity contribution in [1.29, 1.82) is 0 Å². The van der Waals surface area contributed by atoms with Crippen LogP contribution in [0.5, 0.6) is 0 Å².